The van der Waals surface area contributed by atoms with Gasteiger partial charge in [-0.15, -0.1) is 24.0 Å². The van der Waals surface area contributed by atoms with E-state index in [0.717, 1.165) is 70.9 Å². The summed E-state index contributed by atoms with van der Waals surface area (Å²) in [4.78, 5) is 21.6. The highest BCUT2D eigenvalue weighted by Crippen LogP contribution is 2.27. The van der Waals surface area contributed by atoms with Crippen molar-refractivity contribution in [2.24, 2.45) is 18.0 Å². The highest BCUT2D eigenvalue weighted by atomic mass is 127. The number of guanidine groups is 1. The van der Waals surface area contributed by atoms with Crippen LogP contribution >= 0.6 is 24.0 Å². The quantitative estimate of drug-likeness (QED) is 0.337. The predicted molar refractivity (Wildman–Crippen MR) is 139 cm³/mol. The van der Waals surface area contributed by atoms with Crippen molar-refractivity contribution in [1.29, 1.82) is 0 Å². The van der Waals surface area contributed by atoms with E-state index in [-0.39, 0.29) is 30.1 Å². The third-order valence-corrected chi connectivity index (χ3v) is 5.99. The summed E-state index contributed by atoms with van der Waals surface area (Å²) < 4.78 is 7.43. The zero-order valence-electron chi connectivity index (χ0n) is 20.3. The maximum atomic E-state index is 12.4. The third-order valence-electron chi connectivity index (χ3n) is 5.99. The molecule has 2 saturated heterocycles. The highest BCUT2D eigenvalue weighted by molar-refractivity contribution is 14.0. The molecule has 0 aromatic carbocycles. The summed E-state index contributed by atoms with van der Waals surface area (Å²) in [6, 6.07) is 0. The number of hydrogen-bond donors (Lipinski definition) is 1. The molecule has 8 nitrogen and oxygen atoms in total. The minimum atomic E-state index is -0.446. The Hall–Kier alpha value is -1.52. The van der Waals surface area contributed by atoms with Gasteiger partial charge in [-0.05, 0) is 64.9 Å². The first-order valence-electron chi connectivity index (χ1n) is 11.7. The second kappa shape index (κ2) is 12.1. The predicted octanol–water partition coefficient (Wildman–Crippen LogP) is 3.83. The number of carbonyl (C=O) groups is 1. The number of likely N-dealkylation sites (tertiary alicyclic amines) is 2. The molecule has 1 amide bonds. The molecular formula is C23H41IN6O2. The number of halogens is 1. The number of nitrogens with zero attached hydrogens (tertiary/aromatic N) is 5. The third kappa shape index (κ3) is 7.81. The monoisotopic (exact) mass is 560 g/mol. The lowest BCUT2D eigenvalue weighted by molar-refractivity contribution is 0.0163. The molecule has 1 aromatic heterocycles. The van der Waals surface area contributed by atoms with Crippen LogP contribution in [0.1, 0.15) is 64.9 Å². The van der Waals surface area contributed by atoms with Crippen molar-refractivity contribution in [3.8, 4) is 0 Å². The van der Waals surface area contributed by atoms with Crippen LogP contribution in [0.15, 0.2) is 17.4 Å². The molecule has 2 atom stereocenters. The summed E-state index contributed by atoms with van der Waals surface area (Å²) in [5, 5.41) is 7.78. The van der Waals surface area contributed by atoms with E-state index in [9.17, 15) is 4.79 Å². The van der Waals surface area contributed by atoms with E-state index < -0.39 is 5.60 Å². The zero-order valence-corrected chi connectivity index (χ0v) is 22.7. The molecule has 182 valence electrons. The maximum absolute atomic E-state index is 12.4. The molecule has 3 rings (SSSR count). The number of piperidine rings is 1. The molecule has 0 bridgehead atoms. The Morgan fingerprint density at radius 1 is 1.25 bits per heavy atom. The average Bonchev–Trinajstić information content (AvgIpc) is 3.35. The average molecular weight is 561 g/mol. The lowest BCUT2D eigenvalue weighted by Crippen LogP contribution is -2.43. The molecule has 2 unspecified atom stereocenters. The zero-order chi connectivity index (χ0) is 22.4. The van der Waals surface area contributed by atoms with Gasteiger partial charge in [0.25, 0.3) is 0 Å². The summed E-state index contributed by atoms with van der Waals surface area (Å²) in [7, 11) is 1.97. The molecule has 2 aliphatic heterocycles. The largest absolute Gasteiger partial charge is 0.444 e. The van der Waals surface area contributed by atoms with Crippen LogP contribution in [0.4, 0.5) is 4.79 Å². The molecule has 1 N–H and O–H groups in total. The Labute approximate surface area is 210 Å². The fourth-order valence-corrected chi connectivity index (χ4v) is 4.45. The number of aromatic nitrogens is 2. The lowest BCUT2D eigenvalue weighted by Gasteiger charge is -2.34. The molecule has 0 saturated carbocycles. The number of amides is 1. The first-order valence-corrected chi connectivity index (χ1v) is 11.7. The van der Waals surface area contributed by atoms with Crippen molar-refractivity contribution >= 4 is 36.0 Å². The minimum absolute atomic E-state index is 0. The number of aliphatic imine (C=N–C) groups is 1. The van der Waals surface area contributed by atoms with Crippen LogP contribution in [0, 0.1) is 5.92 Å². The van der Waals surface area contributed by atoms with Gasteiger partial charge < -0.3 is 19.9 Å². The number of carbonyl (C=O) groups excluding carboxylic acids is 1. The highest BCUT2D eigenvalue weighted by Gasteiger charge is 2.29. The number of hydrogen-bond acceptors (Lipinski definition) is 4. The SMILES string of the molecule is CCNC(=NCCC1CCCN(C(=O)OC(C)(C)C)C1)N1CCC(c2cnn(C)c2)C1.I. The van der Waals surface area contributed by atoms with Gasteiger partial charge >= 0.3 is 6.09 Å². The van der Waals surface area contributed by atoms with Crippen LogP contribution in [0.3, 0.4) is 0 Å². The van der Waals surface area contributed by atoms with Crippen molar-refractivity contribution in [2.75, 3.05) is 39.3 Å². The van der Waals surface area contributed by atoms with Gasteiger partial charge in [0.1, 0.15) is 5.60 Å². The molecule has 3 heterocycles. The molecule has 2 aliphatic rings. The molecule has 0 radical (unpaired) electrons. The first kappa shape index (κ1) is 26.7. The Balaban J connectivity index is 0.00000363. The number of nitrogens with one attached hydrogen (secondary N) is 1. The minimum Gasteiger partial charge on any atom is -0.444 e. The molecule has 1 aromatic rings. The van der Waals surface area contributed by atoms with Crippen molar-refractivity contribution in [1.82, 2.24) is 24.9 Å². The number of ether oxygens (including phenoxy) is 1. The van der Waals surface area contributed by atoms with E-state index in [4.69, 9.17) is 9.73 Å². The Kier molecular flexibility index (Phi) is 10.1. The molecular weight excluding hydrogens is 519 g/mol. The van der Waals surface area contributed by atoms with Gasteiger partial charge in [-0.3, -0.25) is 9.67 Å². The number of aryl methyl sites for hydroxylation is 1. The van der Waals surface area contributed by atoms with Gasteiger partial charge in [-0.25, -0.2) is 4.79 Å². The van der Waals surface area contributed by atoms with Gasteiger partial charge in [-0.2, -0.15) is 5.10 Å². The molecule has 9 heteroatoms. The second-order valence-corrected chi connectivity index (χ2v) is 9.84. The number of rotatable bonds is 5. The van der Waals surface area contributed by atoms with Crippen LogP contribution in [0.5, 0.6) is 0 Å². The van der Waals surface area contributed by atoms with Gasteiger partial charge in [0.05, 0.1) is 6.20 Å². The Bertz CT molecular complexity index is 760. The summed E-state index contributed by atoms with van der Waals surface area (Å²) >= 11 is 0. The van der Waals surface area contributed by atoms with Crippen molar-refractivity contribution < 1.29 is 9.53 Å². The van der Waals surface area contributed by atoms with Gasteiger partial charge in [0, 0.05) is 58.4 Å². The summed E-state index contributed by atoms with van der Waals surface area (Å²) in [6.45, 7) is 13.1. The fourth-order valence-electron chi connectivity index (χ4n) is 4.45. The molecule has 32 heavy (non-hydrogen) atoms. The standard InChI is InChI=1S/C23H40N6O2.HI/c1-6-24-21(28-13-10-19(17-28)20-14-26-27(5)16-20)25-11-9-18-8-7-12-29(15-18)22(30)31-23(2,3)4;/h14,16,18-19H,6-13,15,17H2,1-5H3,(H,24,25);1H. The van der Waals surface area contributed by atoms with E-state index in [1.165, 1.54) is 5.56 Å². The topological polar surface area (TPSA) is 75.0 Å². The van der Waals surface area contributed by atoms with Gasteiger partial charge in [0.2, 0.25) is 0 Å². The van der Waals surface area contributed by atoms with Gasteiger partial charge in [0.15, 0.2) is 5.96 Å². The van der Waals surface area contributed by atoms with Crippen LogP contribution < -0.4 is 5.32 Å². The van der Waals surface area contributed by atoms with E-state index in [0.29, 0.717) is 11.8 Å². The van der Waals surface area contributed by atoms with Crippen molar-refractivity contribution in [2.45, 2.75) is 64.9 Å². The molecule has 2 fully saturated rings. The van der Waals surface area contributed by atoms with Crippen LogP contribution in [-0.4, -0.2) is 76.5 Å². The van der Waals surface area contributed by atoms with E-state index >= 15 is 0 Å². The normalized spacial score (nSPS) is 22.0. The molecule has 0 spiro atoms. The van der Waals surface area contributed by atoms with Crippen LogP contribution in [0.2, 0.25) is 0 Å². The van der Waals surface area contributed by atoms with E-state index in [1.54, 1.807) is 0 Å². The molecule has 0 aliphatic carbocycles. The Morgan fingerprint density at radius 3 is 2.69 bits per heavy atom. The van der Waals surface area contributed by atoms with E-state index in [2.05, 4.69) is 28.4 Å². The summed E-state index contributed by atoms with van der Waals surface area (Å²) in [5.74, 6) is 2.00. The fraction of sp³-hybridized carbons (Fsp3) is 0.783. The van der Waals surface area contributed by atoms with Crippen LogP contribution in [-0.2, 0) is 11.8 Å². The smallest absolute Gasteiger partial charge is 0.410 e. The first-order chi connectivity index (χ1) is 14.7. The second-order valence-electron chi connectivity index (χ2n) is 9.84. The van der Waals surface area contributed by atoms with Crippen molar-refractivity contribution in [3.63, 3.8) is 0 Å². The lowest BCUT2D eigenvalue weighted by atomic mass is 9.95. The maximum Gasteiger partial charge on any atom is 0.410 e. The van der Waals surface area contributed by atoms with Crippen molar-refractivity contribution in [3.05, 3.63) is 18.0 Å². The summed E-state index contributed by atoms with van der Waals surface area (Å²) in [6.07, 6.45) is 8.23. The summed E-state index contributed by atoms with van der Waals surface area (Å²) in [5.41, 5.74) is 0.864. The van der Waals surface area contributed by atoms with Crippen LogP contribution in [0.25, 0.3) is 0 Å². The van der Waals surface area contributed by atoms with Gasteiger partial charge in [-0.1, -0.05) is 0 Å². The Morgan fingerprint density at radius 2 is 2.03 bits per heavy atom. The van der Waals surface area contributed by atoms with E-state index in [1.807, 2.05) is 43.6 Å².